The zero-order valence-electron chi connectivity index (χ0n) is 15.5. The van der Waals surface area contributed by atoms with Crippen LogP contribution in [0.15, 0.2) is 91.0 Å². The summed E-state index contributed by atoms with van der Waals surface area (Å²) in [6, 6.07) is 29.4. The highest BCUT2D eigenvalue weighted by Crippen LogP contribution is 2.31. The number of nitrogens with two attached hydrogens (primary N) is 1. The number of rotatable bonds is 8. The van der Waals surface area contributed by atoms with E-state index in [0.29, 0.717) is 19.3 Å². The molecule has 0 aliphatic rings. The zero-order valence-corrected chi connectivity index (χ0v) is 15.5. The highest BCUT2D eigenvalue weighted by Gasteiger charge is 2.47. The smallest absolute Gasteiger partial charge is 0.0932 e. The first-order valence-corrected chi connectivity index (χ1v) is 9.29. The first-order chi connectivity index (χ1) is 13.0. The highest BCUT2D eigenvalue weighted by molar-refractivity contribution is 5.28. The summed E-state index contributed by atoms with van der Waals surface area (Å²) in [6.45, 7) is -0.307. The van der Waals surface area contributed by atoms with Crippen molar-refractivity contribution >= 4 is 0 Å². The Hall–Kier alpha value is -2.46. The molecular weight excluding hydrogens is 334 g/mol. The van der Waals surface area contributed by atoms with Gasteiger partial charge in [-0.05, 0) is 23.1 Å². The molecule has 0 amide bonds. The van der Waals surface area contributed by atoms with Gasteiger partial charge in [-0.25, -0.2) is 0 Å². The maximum atomic E-state index is 11.8. The Kier molecular flexibility index (Phi) is 6.07. The molecule has 0 aromatic heterocycles. The molecule has 0 aliphatic heterocycles. The summed E-state index contributed by atoms with van der Waals surface area (Å²) in [5, 5.41) is 22.1. The summed E-state index contributed by atoms with van der Waals surface area (Å²) in [5.41, 5.74) is 7.20. The van der Waals surface area contributed by atoms with Crippen LogP contribution in [0, 0.1) is 0 Å². The van der Waals surface area contributed by atoms with Gasteiger partial charge < -0.3 is 15.9 Å². The van der Waals surface area contributed by atoms with Gasteiger partial charge in [0.05, 0.1) is 17.7 Å². The monoisotopic (exact) mass is 361 g/mol. The molecule has 1 unspecified atom stereocenters. The van der Waals surface area contributed by atoms with Crippen molar-refractivity contribution in [1.29, 1.82) is 0 Å². The van der Waals surface area contributed by atoms with Crippen molar-refractivity contribution in [3.05, 3.63) is 108 Å². The molecule has 140 valence electrons. The minimum absolute atomic E-state index is 0.307. The van der Waals surface area contributed by atoms with E-state index in [9.17, 15) is 10.2 Å². The second kappa shape index (κ2) is 8.49. The molecule has 0 heterocycles. The van der Waals surface area contributed by atoms with Crippen LogP contribution < -0.4 is 5.73 Å². The summed E-state index contributed by atoms with van der Waals surface area (Å²) in [4.78, 5) is 0. The van der Waals surface area contributed by atoms with Gasteiger partial charge in [-0.2, -0.15) is 0 Å². The third-order valence-corrected chi connectivity index (χ3v) is 5.25. The Balaban J connectivity index is 1.97. The maximum absolute atomic E-state index is 11.8. The van der Waals surface area contributed by atoms with Gasteiger partial charge in [0, 0.05) is 12.8 Å². The number of hydrogen-bond acceptors (Lipinski definition) is 3. The standard InChI is InChI=1S/C24H27NO2/c25-23(19-26,16-20-10-4-1-5-11-20)24(27,17-21-12-6-2-7-13-21)18-22-14-8-3-9-15-22/h1-15,26-27H,16-19,25H2. The predicted molar refractivity (Wildman–Crippen MR) is 109 cm³/mol. The van der Waals surface area contributed by atoms with Crippen molar-refractivity contribution in [1.82, 2.24) is 0 Å². The lowest BCUT2D eigenvalue weighted by molar-refractivity contribution is -0.0577. The number of benzene rings is 3. The Bertz CT molecular complexity index is 779. The SMILES string of the molecule is NC(CO)(Cc1ccccc1)C(O)(Cc1ccccc1)Cc1ccccc1. The van der Waals surface area contributed by atoms with E-state index in [0.717, 1.165) is 16.7 Å². The first-order valence-electron chi connectivity index (χ1n) is 9.29. The minimum atomic E-state index is -1.31. The molecule has 0 saturated carbocycles. The first kappa shape index (κ1) is 19.3. The Morgan fingerprint density at radius 2 is 0.926 bits per heavy atom. The third kappa shape index (κ3) is 4.64. The average Bonchev–Trinajstić information content (AvgIpc) is 2.70. The largest absolute Gasteiger partial charge is 0.394 e. The molecule has 3 rings (SSSR count). The molecule has 4 N–H and O–H groups in total. The molecule has 0 spiro atoms. The van der Waals surface area contributed by atoms with E-state index in [2.05, 4.69) is 0 Å². The summed E-state index contributed by atoms with van der Waals surface area (Å²) in [5.74, 6) is 0. The molecule has 3 aromatic carbocycles. The van der Waals surface area contributed by atoms with Crippen molar-refractivity contribution in [2.75, 3.05) is 6.61 Å². The van der Waals surface area contributed by atoms with Gasteiger partial charge >= 0.3 is 0 Å². The lowest BCUT2D eigenvalue weighted by Gasteiger charge is -2.44. The molecular formula is C24H27NO2. The second-order valence-electron chi connectivity index (χ2n) is 7.33. The van der Waals surface area contributed by atoms with Crippen molar-refractivity contribution in [2.24, 2.45) is 5.73 Å². The van der Waals surface area contributed by atoms with E-state index in [1.165, 1.54) is 0 Å². The van der Waals surface area contributed by atoms with E-state index >= 15 is 0 Å². The van der Waals surface area contributed by atoms with Crippen LogP contribution in [0.4, 0.5) is 0 Å². The fraction of sp³-hybridized carbons (Fsp3) is 0.250. The molecule has 0 aliphatic carbocycles. The van der Waals surface area contributed by atoms with Crippen molar-refractivity contribution in [3.63, 3.8) is 0 Å². The molecule has 1 atom stereocenters. The summed E-state index contributed by atoms with van der Waals surface area (Å²) in [7, 11) is 0. The molecule has 27 heavy (non-hydrogen) atoms. The van der Waals surface area contributed by atoms with Gasteiger partial charge in [0.2, 0.25) is 0 Å². The van der Waals surface area contributed by atoms with Crippen molar-refractivity contribution in [3.8, 4) is 0 Å². The van der Waals surface area contributed by atoms with Gasteiger partial charge in [-0.15, -0.1) is 0 Å². The van der Waals surface area contributed by atoms with E-state index in [4.69, 9.17) is 5.73 Å². The van der Waals surface area contributed by atoms with Crippen molar-refractivity contribution in [2.45, 2.75) is 30.4 Å². The fourth-order valence-corrected chi connectivity index (χ4v) is 3.61. The van der Waals surface area contributed by atoms with Crippen LogP contribution in [0.2, 0.25) is 0 Å². The summed E-state index contributed by atoms with van der Waals surface area (Å²) in [6.07, 6.45) is 1.12. The lowest BCUT2D eigenvalue weighted by atomic mass is 9.70. The normalized spacial score (nSPS) is 13.9. The third-order valence-electron chi connectivity index (χ3n) is 5.25. The van der Waals surface area contributed by atoms with Gasteiger partial charge in [0.15, 0.2) is 0 Å². The van der Waals surface area contributed by atoms with Crippen LogP contribution in [-0.4, -0.2) is 28.0 Å². The molecule has 3 nitrogen and oxygen atoms in total. The molecule has 3 heteroatoms. The molecule has 0 saturated heterocycles. The quantitative estimate of drug-likeness (QED) is 0.577. The van der Waals surface area contributed by atoms with Crippen LogP contribution in [-0.2, 0) is 19.3 Å². The number of hydrogen-bond donors (Lipinski definition) is 3. The number of aliphatic hydroxyl groups excluding tert-OH is 1. The number of aliphatic hydroxyl groups is 2. The van der Waals surface area contributed by atoms with Gasteiger partial charge in [0.25, 0.3) is 0 Å². The van der Waals surface area contributed by atoms with E-state index in [1.807, 2.05) is 91.0 Å². The predicted octanol–water partition coefficient (Wildman–Crippen LogP) is 3.14. The highest BCUT2D eigenvalue weighted by atomic mass is 16.3. The topological polar surface area (TPSA) is 66.5 Å². The maximum Gasteiger partial charge on any atom is 0.0932 e. The van der Waals surface area contributed by atoms with E-state index < -0.39 is 11.1 Å². The lowest BCUT2D eigenvalue weighted by Crippen LogP contribution is -2.66. The van der Waals surface area contributed by atoms with Gasteiger partial charge in [-0.3, -0.25) is 0 Å². The zero-order chi connectivity index (χ0) is 19.2. The van der Waals surface area contributed by atoms with Crippen LogP contribution in [0.3, 0.4) is 0 Å². The van der Waals surface area contributed by atoms with Crippen LogP contribution in [0.1, 0.15) is 16.7 Å². The van der Waals surface area contributed by atoms with Crippen LogP contribution in [0.25, 0.3) is 0 Å². The van der Waals surface area contributed by atoms with E-state index in [1.54, 1.807) is 0 Å². The molecule has 0 bridgehead atoms. The Labute approximate surface area is 161 Å². The molecule has 3 aromatic rings. The summed E-state index contributed by atoms with van der Waals surface area (Å²) >= 11 is 0. The second-order valence-corrected chi connectivity index (χ2v) is 7.33. The Morgan fingerprint density at radius 3 is 1.26 bits per heavy atom. The van der Waals surface area contributed by atoms with Crippen molar-refractivity contribution < 1.29 is 10.2 Å². The summed E-state index contributed by atoms with van der Waals surface area (Å²) < 4.78 is 0. The average molecular weight is 361 g/mol. The van der Waals surface area contributed by atoms with E-state index in [-0.39, 0.29) is 6.61 Å². The van der Waals surface area contributed by atoms with Gasteiger partial charge in [-0.1, -0.05) is 91.0 Å². The van der Waals surface area contributed by atoms with Gasteiger partial charge in [0.1, 0.15) is 0 Å². The van der Waals surface area contributed by atoms with Crippen LogP contribution >= 0.6 is 0 Å². The molecule has 0 fully saturated rings. The fourth-order valence-electron chi connectivity index (χ4n) is 3.61. The minimum Gasteiger partial charge on any atom is -0.394 e. The molecule has 0 radical (unpaired) electrons. The van der Waals surface area contributed by atoms with Crippen LogP contribution in [0.5, 0.6) is 0 Å². The Morgan fingerprint density at radius 1 is 0.593 bits per heavy atom.